The molecule has 54 valence electrons. The Kier molecular flexibility index (Phi) is 5.01. The van der Waals surface area contributed by atoms with Crippen LogP contribution in [0.25, 0.3) is 0 Å². The number of nitrogens with two attached hydrogens (primary N) is 1. The first-order valence-corrected chi connectivity index (χ1v) is 2.84. The van der Waals surface area contributed by atoms with E-state index in [0.717, 1.165) is 0 Å². The van der Waals surface area contributed by atoms with Crippen LogP contribution in [0.5, 0.6) is 0 Å². The third kappa shape index (κ3) is 5.17. The van der Waals surface area contributed by atoms with Crippen LogP contribution in [0.3, 0.4) is 0 Å². The molecule has 0 spiro atoms. The van der Waals surface area contributed by atoms with E-state index in [1.54, 1.807) is 13.2 Å². The Labute approximate surface area is 55.4 Å². The molecule has 2 N–H and O–H groups in total. The monoisotopic (exact) mass is 131 g/mol. The van der Waals surface area contributed by atoms with Crippen molar-refractivity contribution in [2.24, 2.45) is 5.73 Å². The summed E-state index contributed by atoms with van der Waals surface area (Å²) in [5.41, 5.74) is 5.30. The zero-order chi connectivity index (χ0) is 7.11. The zero-order valence-electron chi connectivity index (χ0n) is 5.89. The minimum absolute atomic E-state index is 0.451. The summed E-state index contributed by atoms with van der Waals surface area (Å²) in [7, 11) is 1.62. The van der Waals surface area contributed by atoms with Crippen LogP contribution in [-0.2, 0) is 9.47 Å². The number of ether oxygens (including phenoxy) is 2. The fourth-order valence-electron chi connectivity index (χ4n) is 0.326. The maximum Gasteiger partial charge on any atom is 0.179 e. The van der Waals surface area contributed by atoms with Crippen molar-refractivity contribution < 1.29 is 9.47 Å². The molecule has 9 heavy (non-hydrogen) atoms. The third-order valence-corrected chi connectivity index (χ3v) is 0.841. The van der Waals surface area contributed by atoms with Gasteiger partial charge in [-0.15, -0.1) is 0 Å². The highest BCUT2D eigenvalue weighted by molar-refractivity contribution is 4.81. The van der Waals surface area contributed by atoms with E-state index in [0.29, 0.717) is 19.1 Å². The van der Waals surface area contributed by atoms with Gasteiger partial charge in [0.25, 0.3) is 0 Å². The second-order valence-corrected chi connectivity index (χ2v) is 1.53. The molecular formula is C6H13NO2. The predicted octanol–water partition coefficient (Wildman–Crippen LogP) is 0.469. The van der Waals surface area contributed by atoms with Gasteiger partial charge >= 0.3 is 0 Å². The molecule has 0 aromatic carbocycles. The van der Waals surface area contributed by atoms with Gasteiger partial charge in [0.15, 0.2) is 5.88 Å². The summed E-state index contributed by atoms with van der Waals surface area (Å²) in [6.45, 7) is 2.92. The molecule has 0 unspecified atom stereocenters. The van der Waals surface area contributed by atoms with Crippen LogP contribution in [0.15, 0.2) is 12.0 Å². The Morgan fingerprint density at radius 1 is 1.56 bits per heavy atom. The number of methoxy groups -OCH3 is 1. The molecular weight excluding hydrogens is 118 g/mol. The van der Waals surface area contributed by atoms with Crippen LogP contribution in [0, 0.1) is 0 Å². The standard InChI is InChI=1S/C6H13NO2/c1-3-6(7)9-5-4-8-2/h3H,4-5,7H2,1-2H3/b6-3+. The van der Waals surface area contributed by atoms with Gasteiger partial charge in [-0.25, -0.2) is 0 Å². The first-order valence-electron chi connectivity index (χ1n) is 2.84. The molecule has 0 heterocycles. The van der Waals surface area contributed by atoms with E-state index >= 15 is 0 Å². The summed E-state index contributed by atoms with van der Waals surface area (Å²) in [5, 5.41) is 0. The van der Waals surface area contributed by atoms with Crippen molar-refractivity contribution in [2.75, 3.05) is 20.3 Å². The second-order valence-electron chi connectivity index (χ2n) is 1.53. The van der Waals surface area contributed by atoms with Crippen LogP contribution >= 0.6 is 0 Å². The quantitative estimate of drug-likeness (QED) is 0.445. The van der Waals surface area contributed by atoms with Crippen LogP contribution in [-0.4, -0.2) is 20.3 Å². The topological polar surface area (TPSA) is 44.5 Å². The maximum absolute atomic E-state index is 5.30. The lowest BCUT2D eigenvalue weighted by Crippen LogP contribution is -2.07. The third-order valence-electron chi connectivity index (χ3n) is 0.841. The van der Waals surface area contributed by atoms with Gasteiger partial charge in [-0.1, -0.05) is 0 Å². The minimum Gasteiger partial charge on any atom is -0.477 e. The molecule has 3 nitrogen and oxygen atoms in total. The number of hydrogen-bond donors (Lipinski definition) is 1. The SMILES string of the molecule is C/C=C(\N)OCCOC. The fraction of sp³-hybridized carbons (Fsp3) is 0.667. The molecule has 0 aromatic heterocycles. The highest BCUT2D eigenvalue weighted by atomic mass is 16.5. The molecule has 0 fully saturated rings. The highest BCUT2D eigenvalue weighted by Crippen LogP contribution is 1.84. The summed E-state index contributed by atoms with van der Waals surface area (Å²) < 4.78 is 9.67. The lowest BCUT2D eigenvalue weighted by atomic mass is 10.6. The molecule has 0 atom stereocenters. The number of hydrogen-bond acceptors (Lipinski definition) is 3. The van der Waals surface area contributed by atoms with Crippen molar-refractivity contribution in [1.29, 1.82) is 0 Å². The Morgan fingerprint density at radius 3 is 2.67 bits per heavy atom. The van der Waals surface area contributed by atoms with Gasteiger partial charge in [-0.05, 0) is 13.0 Å². The molecule has 0 amide bonds. The van der Waals surface area contributed by atoms with Crippen molar-refractivity contribution in [3.05, 3.63) is 12.0 Å². The molecule has 0 bridgehead atoms. The molecule has 0 saturated carbocycles. The largest absolute Gasteiger partial charge is 0.477 e. The van der Waals surface area contributed by atoms with Crippen molar-refractivity contribution in [3.8, 4) is 0 Å². The van der Waals surface area contributed by atoms with Gasteiger partial charge in [-0.2, -0.15) is 0 Å². The first kappa shape index (κ1) is 8.30. The van der Waals surface area contributed by atoms with Crippen LogP contribution in [0.1, 0.15) is 6.92 Å². The average molecular weight is 131 g/mol. The minimum atomic E-state index is 0.451. The Morgan fingerprint density at radius 2 is 2.22 bits per heavy atom. The van der Waals surface area contributed by atoms with Gasteiger partial charge in [0.2, 0.25) is 0 Å². The van der Waals surface area contributed by atoms with Crippen molar-refractivity contribution in [2.45, 2.75) is 6.92 Å². The number of rotatable bonds is 4. The first-order chi connectivity index (χ1) is 4.31. The van der Waals surface area contributed by atoms with Crippen LogP contribution < -0.4 is 5.73 Å². The summed E-state index contributed by atoms with van der Waals surface area (Å²) >= 11 is 0. The molecule has 0 aliphatic heterocycles. The normalized spacial score (nSPS) is 11.6. The van der Waals surface area contributed by atoms with E-state index in [-0.39, 0.29) is 0 Å². The van der Waals surface area contributed by atoms with E-state index in [4.69, 9.17) is 15.2 Å². The van der Waals surface area contributed by atoms with E-state index in [2.05, 4.69) is 0 Å². The molecule has 0 saturated heterocycles. The summed E-state index contributed by atoms with van der Waals surface area (Å²) in [6.07, 6.45) is 1.70. The molecule has 0 rings (SSSR count). The molecule has 3 heteroatoms. The van der Waals surface area contributed by atoms with Gasteiger partial charge in [0.05, 0.1) is 6.61 Å². The summed E-state index contributed by atoms with van der Waals surface area (Å²) in [4.78, 5) is 0. The lowest BCUT2D eigenvalue weighted by Gasteiger charge is -2.02. The molecule has 0 radical (unpaired) electrons. The molecule has 0 aromatic rings. The smallest absolute Gasteiger partial charge is 0.179 e. The van der Waals surface area contributed by atoms with E-state index in [1.165, 1.54) is 0 Å². The van der Waals surface area contributed by atoms with E-state index < -0.39 is 0 Å². The zero-order valence-corrected chi connectivity index (χ0v) is 5.89. The van der Waals surface area contributed by atoms with Crippen molar-refractivity contribution in [1.82, 2.24) is 0 Å². The van der Waals surface area contributed by atoms with E-state index in [9.17, 15) is 0 Å². The Hall–Kier alpha value is -0.700. The second kappa shape index (κ2) is 5.44. The van der Waals surface area contributed by atoms with Crippen molar-refractivity contribution in [3.63, 3.8) is 0 Å². The lowest BCUT2D eigenvalue weighted by molar-refractivity contribution is 0.108. The Balaban J connectivity index is 3.07. The van der Waals surface area contributed by atoms with E-state index in [1.807, 2.05) is 6.92 Å². The van der Waals surface area contributed by atoms with Crippen LogP contribution in [0.4, 0.5) is 0 Å². The highest BCUT2D eigenvalue weighted by Gasteiger charge is 1.85. The van der Waals surface area contributed by atoms with Gasteiger partial charge in [0, 0.05) is 7.11 Å². The average Bonchev–Trinajstić information content (AvgIpc) is 1.89. The van der Waals surface area contributed by atoms with Crippen LogP contribution in [0.2, 0.25) is 0 Å². The molecule has 0 aliphatic rings. The summed E-state index contributed by atoms with van der Waals surface area (Å²) in [5.74, 6) is 0.451. The Bertz CT molecular complexity index is 91.1. The van der Waals surface area contributed by atoms with Gasteiger partial charge in [-0.3, -0.25) is 0 Å². The predicted molar refractivity (Wildman–Crippen MR) is 35.8 cm³/mol. The maximum atomic E-state index is 5.30. The fourth-order valence-corrected chi connectivity index (χ4v) is 0.326. The van der Waals surface area contributed by atoms with Crippen molar-refractivity contribution >= 4 is 0 Å². The summed E-state index contributed by atoms with van der Waals surface area (Å²) in [6, 6.07) is 0. The van der Waals surface area contributed by atoms with Gasteiger partial charge < -0.3 is 15.2 Å². The number of allylic oxidation sites excluding steroid dienone is 1. The molecule has 0 aliphatic carbocycles. The van der Waals surface area contributed by atoms with Gasteiger partial charge in [0.1, 0.15) is 6.61 Å².